The molecule has 1 saturated heterocycles. The predicted molar refractivity (Wildman–Crippen MR) is 73.4 cm³/mol. The zero-order valence-electron chi connectivity index (χ0n) is 12.3. The molecular formula is C11H14N4O8. The molecule has 0 radical (unpaired) electrons. The first-order valence-corrected chi connectivity index (χ1v) is 6.52. The standard InChI is InChI=1S/C11H13N4O8/c1-12(2)5-8-6-22-11(23-8)9(14(18)19)3-7(13(16)17)4-10(11)15(20)21/h3-4,8H,5-6H2,1-2H3/q-1/p+1. The van der Waals surface area contributed by atoms with Crippen molar-refractivity contribution in [3.05, 3.63) is 54.2 Å². The summed E-state index contributed by atoms with van der Waals surface area (Å²) in [5.74, 6) is -2.34. The summed E-state index contributed by atoms with van der Waals surface area (Å²) in [5.41, 5.74) is -2.53. The maximum Gasteiger partial charge on any atom is 0.357 e. The van der Waals surface area contributed by atoms with Gasteiger partial charge in [-0.1, -0.05) is 0 Å². The summed E-state index contributed by atoms with van der Waals surface area (Å²) >= 11 is 0. The molecule has 126 valence electrons. The lowest BCUT2D eigenvalue weighted by atomic mass is 10.0. The molecule has 1 atom stereocenters. The van der Waals surface area contributed by atoms with E-state index in [1.54, 1.807) is 0 Å². The summed E-state index contributed by atoms with van der Waals surface area (Å²) < 4.78 is 10.8. The van der Waals surface area contributed by atoms with E-state index in [4.69, 9.17) is 9.47 Å². The van der Waals surface area contributed by atoms with Gasteiger partial charge in [0.2, 0.25) is 5.71 Å². The van der Waals surface area contributed by atoms with E-state index in [1.807, 2.05) is 14.1 Å². The molecule has 0 bridgehead atoms. The van der Waals surface area contributed by atoms with E-state index in [9.17, 15) is 30.6 Å². The summed E-state index contributed by atoms with van der Waals surface area (Å²) in [5, 5.41) is 44.2. The normalized spacial score (nSPS) is 27.1. The molecular weight excluding hydrogens is 316 g/mol. The van der Waals surface area contributed by atoms with E-state index < -0.39 is 43.7 Å². The highest BCUT2D eigenvalue weighted by atomic mass is 16.8. The van der Waals surface area contributed by atoms with Crippen molar-refractivity contribution in [1.82, 2.24) is 0 Å². The van der Waals surface area contributed by atoms with Crippen LogP contribution in [0.4, 0.5) is 0 Å². The second-order valence-electron chi connectivity index (χ2n) is 5.33. The maximum absolute atomic E-state index is 11.3. The van der Waals surface area contributed by atoms with Crippen molar-refractivity contribution in [2.75, 3.05) is 27.2 Å². The SMILES string of the molecule is C[NH+](C)CC1COC2(O1)C([N+](=O)[O-])=CC(=[N+]([O-])[O-])C=C2[N+](=O)[O-]. The Hall–Kier alpha value is -2.57. The highest BCUT2D eigenvalue weighted by Crippen LogP contribution is 2.40. The Labute approximate surface area is 129 Å². The number of ether oxygens (including phenoxy) is 2. The van der Waals surface area contributed by atoms with Gasteiger partial charge < -0.3 is 24.8 Å². The number of nitrogens with one attached hydrogen (secondary N) is 1. The number of rotatable bonds is 4. The number of quaternary nitrogens is 1. The lowest BCUT2D eigenvalue weighted by Gasteiger charge is -2.24. The Balaban J connectivity index is 2.52. The third-order valence-corrected chi connectivity index (χ3v) is 3.29. The smallest absolute Gasteiger partial charge is 0.357 e. The molecule has 1 aliphatic heterocycles. The minimum atomic E-state index is -2.34. The molecule has 12 nitrogen and oxygen atoms in total. The average molecular weight is 330 g/mol. The van der Waals surface area contributed by atoms with Crippen LogP contribution in [0, 0.1) is 30.6 Å². The van der Waals surface area contributed by atoms with Crippen LogP contribution in [-0.4, -0.2) is 59.6 Å². The Morgan fingerprint density at radius 2 is 1.70 bits per heavy atom. The second kappa shape index (κ2) is 5.91. The predicted octanol–water partition coefficient (Wildman–Crippen LogP) is -1.97. The van der Waals surface area contributed by atoms with Crippen molar-refractivity contribution >= 4 is 5.71 Å². The minimum absolute atomic E-state index is 0.102. The monoisotopic (exact) mass is 330 g/mol. The van der Waals surface area contributed by atoms with Crippen LogP contribution in [0.2, 0.25) is 0 Å². The molecule has 23 heavy (non-hydrogen) atoms. The maximum atomic E-state index is 11.3. The molecule has 2 aliphatic rings. The van der Waals surface area contributed by atoms with E-state index in [0.29, 0.717) is 18.7 Å². The highest BCUT2D eigenvalue weighted by Gasteiger charge is 2.63. The van der Waals surface area contributed by atoms with Crippen LogP contribution >= 0.6 is 0 Å². The van der Waals surface area contributed by atoms with Crippen molar-refractivity contribution in [1.29, 1.82) is 0 Å². The third kappa shape index (κ3) is 2.99. The summed E-state index contributed by atoms with van der Waals surface area (Å²) in [4.78, 5) is 20.6. The molecule has 0 aromatic rings. The Bertz CT molecular complexity index is 600. The van der Waals surface area contributed by atoms with Crippen LogP contribution in [-0.2, 0) is 9.47 Å². The first-order chi connectivity index (χ1) is 10.7. The molecule has 0 aromatic carbocycles. The quantitative estimate of drug-likeness (QED) is 0.353. The van der Waals surface area contributed by atoms with E-state index in [2.05, 4.69) is 0 Å². The summed E-state index contributed by atoms with van der Waals surface area (Å²) in [6.07, 6.45) is 0.624. The van der Waals surface area contributed by atoms with Gasteiger partial charge in [0.25, 0.3) is 0 Å². The molecule has 1 fully saturated rings. The fourth-order valence-electron chi connectivity index (χ4n) is 2.43. The topological polar surface area (TPSA) is 158 Å². The lowest BCUT2D eigenvalue weighted by Crippen LogP contribution is -3.07. The first-order valence-electron chi connectivity index (χ1n) is 6.52. The van der Waals surface area contributed by atoms with E-state index in [-0.39, 0.29) is 6.61 Å². The highest BCUT2D eigenvalue weighted by molar-refractivity contribution is 6.02. The summed E-state index contributed by atoms with van der Waals surface area (Å²) in [7, 11) is 3.62. The minimum Gasteiger partial charge on any atom is -0.612 e. The number of nitro groups is 2. The van der Waals surface area contributed by atoms with Crippen LogP contribution in [0.5, 0.6) is 0 Å². The van der Waals surface area contributed by atoms with Crippen molar-refractivity contribution < 1.29 is 29.1 Å². The van der Waals surface area contributed by atoms with Gasteiger partial charge in [-0.2, -0.15) is 4.90 Å². The fourth-order valence-corrected chi connectivity index (χ4v) is 2.43. The third-order valence-electron chi connectivity index (χ3n) is 3.29. The Kier molecular flexibility index (Phi) is 4.31. The van der Waals surface area contributed by atoms with Gasteiger partial charge in [0.1, 0.15) is 12.6 Å². The zero-order chi connectivity index (χ0) is 17.4. The molecule has 12 heteroatoms. The van der Waals surface area contributed by atoms with Crippen molar-refractivity contribution in [3.63, 3.8) is 0 Å². The number of nitrogens with zero attached hydrogens (tertiary/aromatic N) is 3. The molecule has 1 spiro atoms. The van der Waals surface area contributed by atoms with Crippen molar-refractivity contribution in [3.8, 4) is 0 Å². The molecule has 0 amide bonds. The first kappa shape index (κ1) is 16.8. The molecule has 1 unspecified atom stereocenters. The molecule has 2 rings (SSSR count). The van der Waals surface area contributed by atoms with Crippen molar-refractivity contribution in [2.24, 2.45) is 0 Å². The number of allylic oxidation sites excluding steroid dienone is 2. The average Bonchev–Trinajstić information content (AvgIpc) is 2.81. The molecule has 0 saturated carbocycles. The van der Waals surface area contributed by atoms with E-state index in [0.717, 1.165) is 4.90 Å². The Morgan fingerprint density at radius 1 is 1.17 bits per heavy atom. The van der Waals surface area contributed by atoms with Gasteiger partial charge in [-0.25, -0.2) is 0 Å². The van der Waals surface area contributed by atoms with Crippen LogP contribution in [0.3, 0.4) is 0 Å². The van der Waals surface area contributed by atoms with Gasteiger partial charge in [-0.05, 0) is 0 Å². The Morgan fingerprint density at radius 3 is 2.09 bits per heavy atom. The number of hydrogen-bond acceptors (Lipinski definition) is 8. The van der Waals surface area contributed by atoms with E-state index in [1.165, 1.54) is 0 Å². The molecule has 1 heterocycles. The molecule has 1 N–H and O–H groups in total. The van der Waals surface area contributed by atoms with Gasteiger partial charge in [-0.3, -0.25) is 20.2 Å². The van der Waals surface area contributed by atoms with Gasteiger partial charge in [0, 0.05) is 0 Å². The molecule has 1 aliphatic carbocycles. The van der Waals surface area contributed by atoms with Gasteiger partial charge in [0.15, 0.2) is 0 Å². The molecule has 0 aromatic heterocycles. The second-order valence-corrected chi connectivity index (χ2v) is 5.33. The van der Waals surface area contributed by atoms with Gasteiger partial charge >= 0.3 is 17.2 Å². The van der Waals surface area contributed by atoms with E-state index >= 15 is 0 Å². The van der Waals surface area contributed by atoms with Crippen LogP contribution < -0.4 is 4.90 Å². The zero-order valence-corrected chi connectivity index (χ0v) is 12.3. The lowest BCUT2D eigenvalue weighted by molar-refractivity contribution is -0.861. The fraction of sp³-hybridized carbons (Fsp3) is 0.545. The summed E-state index contributed by atoms with van der Waals surface area (Å²) in [6, 6.07) is 0. The number of likely N-dealkylation sites (N-methyl/N-ethyl adjacent to an activating group) is 1. The van der Waals surface area contributed by atoms with Crippen molar-refractivity contribution in [2.45, 2.75) is 11.9 Å². The van der Waals surface area contributed by atoms with Crippen LogP contribution in [0.25, 0.3) is 0 Å². The number of hydrogen-bond donors (Lipinski definition) is 1. The largest absolute Gasteiger partial charge is 0.612 e. The van der Waals surface area contributed by atoms with Gasteiger partial charge in [0.05, 0.1) is 42.7 Å². The van der Waals surface area contributed by atoms with Crippen LogP contribution in [0.15, 0.2) is 23.5 Å². The van der Waals surface area contributed by atoms with Gasteiger partial charge in [-0.15, -0.1) is 0 Å². The summed E-state index contributed by atoms with van der Waals surface area (Å²) in [6.45, 7) is 0.291. The van der Waals surface area contributed by atoms with Crippen LogP contribution in [0.1, 0.15) is 0 Å².